The fourth-order valence-corrected chi connectivity index (χ4v) is 6.21. The zero-order valence-electron chi connectivity index (χ0n) is 20.0. The Hall–Kier alpha value is -2.88. The van der Waals surface area contributed by atoms with E-state index < -0.39 is 10.0 Å². The third-order valence-corrected chi connectivity index (χ3v) is 8.79. The van der Waals surface area contributed by atoms with Gasteiger partial charge in [-0.3, -0.25) is 4.79 Å². The predicted molar refractivity (Wildman–Crippen MR) is 136 cm³/mol. The first-order valence-electron chi connectivity index (χ1n) is 11.6. The summed E-state index contributed by atoms with van der Waals surface area (Å²) in [5, 5.41) is 2.00. The standard InChI is InChI=1S/C26H30N2O5S2/c1-3-4-13-28(35(30,31)22-8-6-5-7-9-22)18-26(29)27(17-25-20(2)12-14-34-25)16-21-10-11-23-24(15-21)33-19-32-23/h5-12,14-15H,3-4,13,16-19H2,1-2H3. The van der Waals surface area contributed by atoms with Crippen molar-refractivity contribution in [2.75, 3.05) is 19.9 Å². The molecule has 3 aromatic rings. The fraction of sp³-hybridized carbons (Fsp3) is 0.346. The van der Waals surface area contributed by atoms with Crippen molar-refractivity contribution in [3.63, 3.8) is 0 Å². The average molecular weight is 515 g/mol. The van der Waals surface area contributed by atoms with Gasteiger partial charge in [-0.25, -0.2) is 8.42 Å². The molecule has 0 N–H and O–H groups in total. The molecular formula is C26H30N2O5S2. The van der Waals surface area contributed by atoms with Gasteiger partial charge in [-0.2, -0.15) is 4.31 Å². The zero-order valence-corrected chi connectivity index (χ0v) is 21.6. The van der Waals surface area contributed by atoms with Crippen LogP contribution in [0.1, 0.15) is 35.8 Å². The van der Waals surface area contributed by atoms with Crippen LogP contribution in [0.3, 0.4) is 0 Å². The highest BCUT2D eigenvalue weighted by atomic mass is 32.2. The van der Waals surface area contributed by atoms with Crippen molar-refractivity contribution in [1.29, 1.82) is 0 Å². The fourth-order valence-electron chi connectivity index (χ4n) is 3.84. The second kappa shape index (κ2) is 11.2. The van der Waals surface area contributed by atoms with E-state index in [0.29, 0.717) is 31.0 Å². The molecule has 1 amide bonds. The van der Waals surface area contributed by atoms with Crippen molar-refractivity contribution in [3.8, 4) is 11.5 Å². The van der Waals surface area contributed by atoms with E-state index in [-0.39, 0.29) is 30.7 Å². The Kier molecular flexibility index (Phi) is 8.10. The molecule has 186 valence electrons. The van der Waals surface area contributed by atoms with Gasteiger partial charge in [-0.15, -0.1) is 11.3 Å². The van der Waals surface area contributed by atoms with Gasteiger partial charge in [0, 0.05) is 18.0 Å². The number of nitrogens with zero attached hydrogens (tertiary/aromatic N) is 2. The molecule has 0 saturated carbocycles. The van der Waals surface area contributed by atoms with Crippen LogP contribution in [-0.2, 0) is 27.9 Å². The van der Waals surface area contributed by atoms with Crippen molar-refractivity contribution in [1.82, 2.24) is 9.21 Å². The van der Waals surface area contributed by atoms with E-state index in [2.05, 4.69) is 0 Å². The highest BCUT2D eigenvalue weighted by Crippen LogP contribution is 2.33. The highest BCUT2D eigenvalue weighted by Gasteiger charge is 2.28. The lowest BCUT2D eigenvalue weighted by Crippen LogP contribution is -2.42. The minimum absolute atomic E-state index is 0.180. The second-order valence-corrected chi connectivity index (χ2v) is 11.4. The number of thiophene rings is 1. The summed E-state index contributed by atoms with van der Waals surface area (Å²) in [6, 6.07) is 15.9. The molecule has 1 aromatic heterocycles. The number of unbranched alkanes of at least 4 members (excludes halogenated alkanes) is 1. The van der Waals surface area contributed by atoms with E-state index >= 15 is 0 Å². The number of rotatable bonds is 11. The van der Waals surface area contributed by atoms with E-state index in [1.165, 1.54) is 4.31 Å². The van der Waals surface area contributed by atoms with Crippen LogP contribution in [-0.4, -0.2) is 43.4 Å². The van der Waals surface area contributed by atoms with Crippen molar-refractivity contribution in [2.45, 2.75) is 44.7 Å². The molecule has 0 unspecified atom stereocenters. The number of amides is 1. The first-order valence-corrected chi connectivity index (χ1v) is 13.9. The molecule has 0 spiro atoms. The molecule has 0 saturated heterocycles. The van der Waals surface area contributed by atoms with Crippen molar-refractivity contribution < 1.29 is 22.7 Å². The smallest absolute Gasteiger partial charge is 0.243 e. The Morgan fingerprint density at radius 2 is 1.80 bits per heavy atom. The summed E-state index contributed by atoms with van der Waals surface area (Å²) in [6.07, 6.45) is 1.50. The van der Waals surface area contributed by atoms with Crippen LogP contribution < -0.4 is 9.47 Å². The van der Waals surface area contributed by atoms with Gasteiger partial charge in [0.05, 0.1) is 18.0 Å². The first kappa shape index (κ1) is 25.2. The van der Waals surface area contributed by atoms with E-state index in [9.17, 15) is 13.2 Å². The van der Waals surface area contributed by atoms with Gasteiger partial charge in [-0.05, 0) is 60.2 Å². The molecule has 2 aromatic carbocycles. The van der Waals surface area contributed by atoms with Crippen molar-refractivity contribution in [3.05, 3.63) is 76.0 Å². The lowest BCUT2D eigenvalue weighted by atomic mass is 10.1. The van der Waals surface area contributed by atoms with Crippen LogP contribution in [0.15, 0.2) is 64.9 Å². The second-order valence-electron chi connectivity index (χ2n) is 8.47. The summed E-state index contributed by atoms with van der Waals surface area (Å²) in [6.45, 7) is 5.01. The lowest BCUT2D eigenvalue weighted by molar-refractivity contribution is -0.132. The Morgan fingerprint density at radius 3 is 2.51 bits per heavy atom. The highest BCUT2D eigenvalue weighted by molar-refractivity contribution is 7.89. The summed E-state index contributed by atoms with van der Waals surface area (Å²) < 4.78 is 39.0. The van der Waals surface area contributed by atoms with Crippen LogP contribution >= 0.6 is 11.3 Å². The number of carbonyl (C=O) groups is 1. The molecular weight excluding hydrogens is 484 g/mol. The Balaban J connectivity index is 1.59. The van der Waals surface area contributed by atoms with E-state index in [1.54, 1.807) is 46.6 Å². The van der Waals surface area contributed by atoms with Crippen LogP contribution in [0, 0.1) is 6.92 Å². The van der Waals surface area contributed by atoms with Gasteiger partial charge in [-0.1, -0.05) is 37.6 Å². The molecule has 0 fully saturated rings. The molecule has 0 atom stereocenters. The molecule has 1 aliphatic heterocycles. The number of sulfonamides is 1. The SMILES string of the molecule is CCCCN(CC(=O)N(Cc1ccc2c(c1)OCO2)Cc1sccc1C)S(=O)(=O)c1ccccc1. The minimum atomic E-state index is -3.80. The largest absolute Gasteiger partial charge is 0.454 e. The molecule has 1 aliphatic rings. The van der Waals surface area contributed by atoms with Crippen LogP contribution in [0.2, 0.25) is 0 Å². The van der Waals surface area contributed by atoms with Crippen molar-refractivity contribution in [2.24, 2.45) is 0 Å². The van der Waals surface area contributed by atoms with Crippen LogP contribution in [0.4, 0.5) is 0 Å². The lowest BCUT2D eigenvalue weighted by Gasteiger charge is -2.27. The Morgan fingerprint density at radius 1 is 1.03 bits per heavy atom. The summed E-state index contributed by atoms with van der Waals surface area (Å²) in [5.41, 5.74) is 2.00. The normalized spacial score (nSPS) is 12.8. The Bertz CT molecular complexity index is 1260. The number of hydrogen-bond acceptors (Lipinski definition) is 6. The minimum Gasteiger partial charge on any atom is -0.454 e. The predicted octanol–water partition coefficient (Wildman–Crippen LogP) is 4.81. The van der Waals surface area contributed by atoms with Crippen LogP contribution in [0.5, 0.6) is 11.5 Å². The molecule has 0 radical (unpaired) electrons. The number of carbonyl (C=O) groups excluding carboxylic acids is 1. The number of fused-ring (bicyclic) bond motifs is 1. The number of hydrogen-bond donors (Lipinski definition) is 0. The Labute approximate surface area is 210 Å². The van der Waals surface area contributed by atoms with E-state index in [0.717, 1.165) is 22.4 Å². The summed E-state index contributed by atoms with van der Waals surface area (Å²) in [4.78, 5) is 16.6. The zero-order chi connectivity index (χ0) is 24.8. The first-order chi connectivity index (χ1) is 16.9. The quantitative estimate of drug-likeness (QED) is 0.367. The monoisotopic (exact) mass is 514 g/mol. The molecule has 2 heterocycles. The topological polar surface area (TPSA) is 76.2 Å². The summed E-state index contributed by atoms with van der Waals surface area (Å²) in [7, 11) is -3.80. The molecule has 4 rings (SSSR count). The maximum atomic E-state index is 13.6. The van der Waals surface area contributed by atoms with Gasteiger partial charge in [0.2, 0.25) is 22.7 Å². The molecule has 7 nitrogen and oxygen atoms in total. The maximum Gasteiger partial charge on any atom is 0.243 e. The third kappa shape index (κ3) is 6.04. The number of aryl methyl sites for hydroxylation is 1. The molecule has 0 aliphatic carbocycles. The third-order valence-electron chi connectivity index (χ3n) is 5.92. The number of benzene rings is 2. The molecule has 35 heavy (non-hydrogen) atoms. The molecule has 0 bridgehead atoms. The molecule has 9 heteroatoms. The van der Waals surface area contributed by atoms with Gasteiger partial charge >= 0.3 is 0 Å². The van der Waals surface area contributed by atoms with E-state index in [1.807, 2.05) is 43.5 Å². The van der Waals surface area contributed by atoms with Crippen LogP contribution in [0.25, 0.3) is 0 Å². The van der Waals surface area contributed by atoms with Gasteiger partial charge < -0.3 is 14.4 Å². The number of ether oxygens (including phenoxy) is 2. The summed E-state index contributed by atoms with van der Waals surface area (Å²) >= 11 is 1.59. The van der Waals surface area contributed by atoms with Crippen molar-refractivity contribution >= 4 is 27.3 Å². The maximum absolute atomic E-state index is 13.6. The summed E-state index contributed by atoms with van der Waals surface area (Å²) in [5.74, 6) is 1.09. The van der Waals surface area contributed by atoms with Gasteiger partial charge in [0.1, 0.15) is 0 Å². The van der Waals surface area contributed by atoms with E-state index in [4.69, 9.17) is 9.47 Å². The van der Waals surface area contributed by atoms with Gasteiger partial charge in [0.15, 0.2) is 11.5 Å². The average Bonchev–Trinajstić information content (AvgIpc) is 3.50. The van der Waals surface area contributed by atoms with Gasteiger partial charge in [0.25, 0.3) is 0 Å².